The number of carbonyl (C=O) groups is 1. The van der Waals surface area contributed by atoms with E-state index in [1.165, 1.54) is 36.2 Å². The van der Waals surface area contributed by atoms with E-state index in [0.717, 1.165) is 12.8 Å². The van der Waals surface area contributed by atoms with Gasteiger partial charge in [0.15, 0.2) is 0 Å². The molecule has 0 unspecified atom stereocenters. The average molecular weight is 328 g/mol. The van der Waals surface area contributed by atoms with Crippen LogP contribution in [0.5, 0.6) is 0 Å². The third-order valence-corrected chi connectivity index (χ3v) is 4.41. The van der Waals surface area contributed by atoms with Gasteiger partial charge in [0.05, 0.1) is 17.7 Å². The molecule has 1 aliphatic rings. The van der Waals surface area contributed by atoms with Crippen molar-refractivity contribution in [3.63, 3.8) is 0 Å². The van der Waals surface area contributed by atoms with Crippen LogP contribution in [-0.4, -0.2) is 27.2 Å². The molecule has 0 fully saturated rings. The Morgan fingerprint density at radius 2 is 2.17 bits per heavy atom. The van der Waals surface area contributed by atoms with E-state index in [0.29, 0.717) is 24.2 Å². The Morgan fingerprint density at radius 1 is 1.38 bits per heavy atom. The van der Waals surface area contributed by atoms with Crippen molar-refractivity contribution in [3.05, 3.63) is 56.9 Å². The molecular weight excluding hydrogens is 308 g/mol. The minimum absolute atomic E-state index is 0.0229. The van der Waals surface area contributed by atoms with Gasteiger partial charge >= 0.3 is 0 Å². The summed E-state index contributed by atoms with van der Waals surface area (Å²) in [6, 6.07) is 4.40. The van der Waals surface area contributed by atoms with Gasteiger partial charge in [0.25, 0.3) is 11.6 Å². The molecule has 0 atom stereocenters. The minimum atomic E-state index is -0.447. The fourth-order valence-corrected chi connectivity index (χ4v) is 3.13. The zero-order valence-corrected chi connectivity index (χ0v) is 13.6. The van der Waals surface area contributed by atoms with Crippen molar-refractivity contribution in [2.24, 2.45) is 0 Å². The minimum Gasteiger partial charge on any atom is -0.350 e. The smallest absolute Gasteiger partial charge is 0.272 e. The van der Waals surface area contributed by atoms with Gasteiger partial charge in [-0.15, -0.1) is 0 Å². The average Bonchev–Trinajstić information content (AvgIpc) is 2.97. The summed E-state index contributed by atoms with van der Waals surface area (Å²) < 4.78 is 1.97. The van der Waals surface area contributed by atoms with Gasteiger partial charge in [0, 0.05) is 29.4 Å². The van der Waals surface area contributed by atoms with Crippen molar-refractivity contribution >= 4 is 11.6 Å². The lowest BCUT2D eigenvalue weighted by atomic mass is 9.98. The maximum atomic E-state index is 12.2. The normalized spacial score (nSPS) is 13.4. The number of benzene rings is 1. The van der Waals surface area contributed by atoms with E-state index in [1.54, 1.807) is 13.0 Å². The topological polar surface area (TPSA) is 90.1 Å². The predicted molar refractivity (Wildman–Crippen MR) is 89.0 cm³/mol. The van der Waals surface area contributed by atoms with E-state index in [-0.39, 0.29) is 11.6 Å². The Hall–Kier alpha value is -2.70. The Labute approximate surface area is 139 Å². The number of nitrogens with zero attached hydrogens (tertiary/aromatic N) is 3. The SMILES string of the molecule is Cc1cc(C(=O)NCCn2ncc3c2CCCC3)ccc1[N+](=O)[O-]. The summed E-state index contributed by atoms with van der Waals surface area (Å²) in [6.45, 7) is 2.74. The number of aryl methyl sites for hydroxylation is 2. The number of hydrogen-bond donors (Lipinski definition) is 1. The molecule has 1 amide bonds. The van der Waals surface area contributed by atoms with Crippen LogP contribution in [-0.2, 0) is 19.4 Å². The third-order valence-electron chi connectivity index (χ3n) is 4.41. The highest BCUT2D eigenvalue weighted by Crippen LogP contribution is 2.20. The van der Waals surface area contributed by atoms with Crippen LogP contribution in [0.1, 0.15) is 40.0 Å². The number of carbonyl (C=O) groups excluding carboxylic acids is 1. The first kappa shape index (κ1) is 16.2. The largest absolute Gasteiger partial charge is 0.350 e. The van der Waals surface area contributed by atoms with E-state index in [4.69, 9.17) is 0 Å². The van der Waals surface area contributed by atoms with E-state index in [9.17, 15) is 14.9 Å². The Bertz CT molecular complexity index is 782. The molecule has 0 bridgehead atoms. The lowest BCUT2D eigenvalue weighted by molar-refractivity contribution is -0.385. The predicted octanol–water partition coefficient (Wildman–Crippen LogP) is 2.41. The standard InChI is InChI=1S/C17H20N4O3/c1-12-10-13(6-7-15(12)21(23)24)17(22)18-8-9-20-16-5-3-2-4-14(16)11-19-20/h6-7,10-11H,2-5,8-9H2,1H3,(H,18,22). The van der Waals surface area contributed by atoms with Crippen molar-refractivity contribution in [3.8, 4) is 0 Å². The van der Waals surface area contributed by atoms with Crippen LogP contribution in [0, 0.1) is 17.0 Å². The molecule has 7 nitrogen and oxygen atoms in total. The van der Waals surface area contributed by atoms with Gasteiger partial charge in [-0.1, -0.05) is 0 Å². The zero-order valence-electron chi connectivity index (χ0n) is 13.6. The molecule has 7 heteroatoms. The van der Waals surface area contributed by atoms with Crippen molar-refractivity contribution in [2.45, 2.75) is 39.2 Å². The number of nitro groups is 1. The van der Waals surface area contributed by atoms with Crippen molar-refractivity contribution in [1.82, 2.24) is 15.1 Å². The van der Waals surface area contributed by atoms with Gasteiger partial charge in [0.2, 0.25) is 0 Å². The number of aromatic nitrogens is 2. The van der Waals surface area contributed by atoms with E-state index < -0.39 is 4.92 Å². The zero-order chi connectivity index (χ0) is 17.1. The van der Waals surface area contributed by atoms with Gasteiger partial charge in [-0.2, -0.15) is 5.10 Å². The van der Waals surface area contributed by atoms with Gasteiger partial charge in [0.1, 0.15) is 0 Å². The highest BCUT2D eigenvalue weighted by atomic mass is 16.6. The molecule has 1 heterocycles. The van der Waals surface area contributed by atoms with Crippen LogP contribution < -0.4 is 5.32 Å². The summed E-state index contributed by atoms with van der Waals surface area (Å²) in [5.41, 5.74) is 3.53. The Morgan fingerprint density at radius 3 is 2.92 bits per heavy atom. The molecule has 1 aromatic carbocycles. The molecule has 0 radical (unpaired) electrons. The van der Waals surface area contributed by atoms with E-state index in [2.05, 4.69) is 10.4 Å². The highest BCUT2D eigenvalue weighted by Gasteiger charge is 2.16. The molecule has 0 aliphatic heterocycles. The Balaban J connectivity index is 1.59. The Kier molecular flexibility index (Phi) is 4.59. The van der Waals surface area contributed by atoms with Crippen LogP contribution in [0.2, 0.25) is 0 Å². The fraction of sp³-hybridized carbons (Fsp3) is 0.412. The molecular formula is C17H20N4O3. The molecule has 0 saturated heterocycles. The van der Waals surface area contributed by atoms with Crippen molar-refractivity contribution in [2.75, 3.05) is 6.54 Å². The highest BCUT2D eigenvalue weighted by molar-refractivity contribution is 5.94. The summed E-state index contributed by atoms with van der Waals surface area (Å²) >= 11 is 0. The second-order valence-corrected chi connectivity index (χ2v) is 6.06. The van der Waals surface area contributed by atoms with Crippen LogP contribution in [0.25, 0.3) is 0 Å². The summed E-state index contributed by atoms with van der Waals surface area (Å²) in [5, 5.41) is 18.1. The van der Waals surface area contributed by atoms with Crippen molar-refractivity contribution in [1.29, 1.82) is 0 Å². The second kappa shape index (κ2) is 6.82. The summed E-state index contributed by atoms with van der Waals surface area (Å²) in [5.74, 6) is -0.228. The first-order valence-corrected chi connectivity index (χ1v) is 8.13. The van der Waals surface area contributed by atoms with Gasteiger partial charge in [-0.05, 0) is 50.3 Å². The molecule has 24 heavy (non-hydrogen) atoms. The number of hydrogen-bond acceptors (Lipinski definition) is 4. The number of fused-ring (bicyclic) bond motifs is 1. The number of nitro benzene ring substituents is 1. The van der Waals surface area contributed by atoms with E-state index in [1.807, 2.05) is 10.9 Å². The van der Waals surface area contributed by atoms with Crippen LogP contribution in [0.3, 0.4) is 0 Å². The monoisotopic (exact) mass is 328 g/mol. The van der Waals surface area contributed by atoms with Gasteiger partial charge in [-0.25, -0.2) is 0 Å². The van der Waals surface area contributed by atoms with E-state index >= 15 is 0 Å². The third kappa shape index (κ3) is 3.29. The van der Waals surface area contributed by atoms with Crippen molar-refractivity contribution < 1.29 is 9.72 Å². The number of rotatable bonds is 5. The molecule has 0 spiro atoms. The molecule has 2 aromatic rings. The van der Waals surface area contributed by atoms with Crippen LogP contribution >= 0.6 is 0 Å². The maximum absolute atomic E-state index is 12.2. The first-order chi connectivity index (χ1) is 11.6. The molecule has 1 N–H and O–H groups in total. The fourth-order valence-electron chi connectivity index (χ4n) is 3.13. The maximum Gasteiger partial charge on any atom is 0.272 e. The molecule has 1 aromatic heterocycles. The molecule has 1 aliphatic carbocycles. The lowest BCUT2D eigenvalue weighted by Gasteiger charge is -2.14. The lowest BCUT2D eigenvalue weighted by Crippen LogP contribution is -2.28. The molecule has 126 valence electrons. The van der Waals surface area contributed by atoms with Gasteiger partial charge < -0.3 is 5.32 Å². The summed E-state index contributed by atoms with van der Waals surface area (Å²) in [6.07, 6.45) is 6.46. The molecule has 3 rings (SSSR count). The van der Waals surface area contributed by atoms with Crippen LogP contribution in [0.15, 0.2) is 24.4 Å². The summed E-state index contributed by atoms with van der Waals surface area (Å²) in [4.78, 5) is 22.6. The quantitative estimate of drug-likeness (QED) is 0.674. The molecule has 0 saturated carbocycles. The summed E-state index contributed by atoms with van der Waals surface area (Å²) in [7, 11) is 0. The number of amides is 1. The van der Waals surface area contributed by atoms with Gasteiger partial charge in [-0.3, -0.25) is 19.6 Å². The second-order valence-electron chi connectivity index (χ2n) is 6.06. The van der Waals surface area contributed by atoms with Crippen LogP contribution in [0.4, 0.5) is 5.69 Å². The first-order valence-electron chi connectivity index (χ1n) is 8.13. The number of nitrogens with one attached hydrogen (secondary N) is 1.